The van der Waals surface area contributed by atoms with E-state index in [2.05, 4.69) is 27.8 Å². The number of nitrogens with zero attached hydrogens (tertiary/aromatic N) is 2. The highest BCUT2D eigenvalue weighted by Crippen LogP contribution is 2.38. The van der Waals surface area contributed by atoms with Crippen LogP contribution in [0.5, 0.6) is 0 Å². The minimum absolute atomic E-state index is 0.0758. The largest absolute Gasteiger partial charge is 0.360 e. The number of hydrogen-bond donors (Lipinski definition) is 2. The smallest absolute Gasteiger partial charge is 0.242 e. The van der Waals surface area contributed by atoms with Crippen LogP contribution in [0.2, 0.25) is 0 Å². The number of unbranched alkanes of at least 4 members (excludes halogenated alkanes) is 1. The van der Waals surface area contributed by atoms with Crippen LogP contribution in [-0.4, -0.2) is 22.6 Å². The quantitative estimate of drug-likeness (QED) is 0.382. The van der Waals surface area contributed by atoms with Gasteiger partial charge in [-0.1, -0.05) is 85.0 Å². The Labute approximate surface area is 167 Å². The van der Waals surface area contributed by atoms with Crippen LogP contribution in [0.3, 0.4) is 0 Å². The monoisotopic (exact) mass is 398 g/mol. The van der Waals surface area contributed by atoms with Crippen molar-refractivity contribution >= 4 is 39.8 Å². The molecule has 27 heavy (non-hydrogen) atoms. The summed E-state index contributed by atoms with van der Waals surface area (Å²) in [5.41, 5.74) is 1.72. The molecule has 0 aliphatic rings. The van der Waals surface area contributed by atoms with Crippen molar-refractivity contribution in [1.29, 1.82) is 0 Å². The maximum absolute atomic E-state index is 12.9. The first-order chi connectivity index (χ1) is 13.3. The average Bonchev–Trinajstić information content (AvgIpc) is 3.15. The van der Waals surface area contributed by atoms with Gasteiger partial charge >= 0.3 is 0 Å². The van der Waals surface area contributed by atoms with Gasteiger partial charge in [-0.3, -0.25) is 4.79 Å². The lowest BCUT2D eigenvalue weighted by Gasteiger charge is -2.15. The van der Waals surface area contributed by atoms with Crippen molar-refractivity contribution in [3.8, 4) is 0 Å². The first kappa shape index (κ1) is 19.4. The molecule has 3 aromatic rings. The number of aromatic nitrogens is 2. The summed E-state index contributed by atoms with van der Waals surface area (Å²) < 4.78 is 0.770. The Hall–Kier alpha value is -2.38. The molecule has 0 radical (unpaired) electrons. The molecule has 1 aromatic heterocycles. The summed E-state index contributed by atoms with van der Waals surface area (Å²) in [4.78, 5) is 12.9. The molecule has 0 saturated heterocycles. The zero-order valence-corrected chi connectivity index (χ0v) is 16.7. The average molecular weight is 399 g/mol. The van der Waals surface area contributed by atoms with Crippen molar-refractivity contribution in [1.82, 2.24) is 10.2 Å². The van der Waals surface area contributed by atoms with Gasteiger partial charge in [0.1, 0.15) is 5.25 Å². The van der Waals surface area contributed by atoms with E-state index in [0.29, 0.717) is 0 Å². The lowest BCUT2D eigenvalue weighted by atomic mass is 10.1. The van der Waals surface area contributed by atoms with Gasteiger partial charge in [-0.2, -0.15) is 0 Å². The zero-order valence-electron chi connectivity index (χ0n) is 15.1. The van der Waals surface area contributed by atoms with Crippen molar-refractivity contribution in [3.05, 3.63) is 66.2 Å². The van der Waals surface area contributed by atoms with Crippen molar-refractivity contribution in [2.75, 3.05) is 17.2 Å². The molecule has 0 saturated carbocycles. The molecule has 0 aliphatic heterocycles. The van der Waals surface area contributed by atoms with Crippen molar-refractivity contribution in [3.63, 3.8) is 0 Å². The summed E-state index contributed by atoms with van der Waals surface area (Å²) in [6, 6.07) is 19.2. The third-order valence-corrected chi connectivity index (χ3v) is 6.03. The van der Waals surface area contributed by atoms with Crippen molar-refractivity contribution in [2.24, 2.45) is 0 Å². The molecule has 1 atom stereocenters. The van der Waals surface area contributed by atoms with Gasteiger partial charge in [0, 0.05) is 12.2 Å². The van der Waals surface area contributed by atoms with Crippen LogP contribution >= 0.6 is 23.1 Å². The molecule has 1 heterocycles. The highest BCUT2D eigenvalue weighted by atomic mass is 32.2. The molecule has 7 heteroatoms. The number of nitrogens with one attached hydrogen (secondary N) is 2. The van der Waals surface area contributed by atoms with Gasteiger partial charge in [0.15, 0.2) is 4.34 Å². The molecular formula is C20H22N4OS2. The van der Waals surface area contributed by atoms with E-state index in [-0.39, 0.29) is 5.91 Å². The topological polar surface area (TPSA) is 66.9 Å². The molecule has 0 aliphatic carbocycles. The lowest BCUT2D eigenvalue weighted by molar-refractivity contribution is -0.115. The number of thioether (sulfide) groups is 1. The molecule has 2 N–H and O–H groups in total. The summed E-state index contributed by atoms with van der Waals surface area (Å²) in [6.07, 6.45) is 2.22. The Bertz CT molecular complexity index is 839. The van der Waals surface area contributed by atoms with Crippen molar-refractivity contribution < 1.29 is 4.79 Å². The number of carbonyl (C=O) groups excluding carboxylic acids is 1. The number of para-hydroxylation sites is 1. The molecule has 0 spiro atoms. The number of amides is 1. The molecule has 0 bridgehead atoms. The van der Waals surface area contributed by atoms with Gasteiger partial charge in [-0.25, -0.2) is 0 Å². The second-order valence-corrected chi connectivity index (χ2v) is 8.25. The fraction of sp³-hybridized carbons (Fsp3) is 0.250. The molecule has 0 fully saturated rings. The van der Waals surface area contributed by atoms with Gasteiger partial charge in [-0.05, 0) is 24.1 Å². The van der Waals surface area contributed by atoms with E-state index in [9.17, 15) is 4.79 Å². The zero-order chi connectivity index (χ0) is 18.9. The van der Waals surface area contributed by atoms with Crippen LogP contribution in [-0.2, 0) is 4.79 Å². The lowest BCUT2D eigenvalue weighted by Crippen LogP contribution is -2.18. The number of benzene rings is 2. The summed E-state index contributed by atoms with van der Waals surface area (Å²) in [6.45, 7) is 3.03. The maximum Gasteiger partial charge on any atom is 0.242 e. The third kappa shape index (κ3) is 5.80. The molecule has 3 rings (SSSR count). The Morgan fingerprint density at radius 3 is 2.48 bits per heavy atom. The van der Waals surface area contributed by atoms with Crippen LogP contribution in [0, 0.1) is 0 Å². The predicted molar refractivity (Wildman–Crippen MR) is 113 cm³/mol. The van der Waals surface area contributed by atoms with Crippen LogP contribution in [0.1, 0.15) is 30.6 Å². The Kier molecular flexibility index (Phi) is 7.24. The molecule has 140 valence electrons. The van der Waals surface area contributed by atoms with Crippen LogP contribution in [0.25, 0.3) is 0 Å². The van der Waals surface area contributed by atoms with E-state index in [1.165, 1.54) is 23.1 Å². The molecule has 5 nitrogen and oxygen atoms in total. The number of anilines is 2. The minimum Gasteiger partial charge on any atom is -0.360 e. The van der Waals surface area contributed by atoms with E-state index >= 15 is 0 Å². The predicted octanol–water partition coefficient (Wildman–Crippen LogP) is 5.22. The first-order valence-corrected chi connectivity index (χ1v) is 10.6. The molecular weight excluding hydrogens is 376 g/mol. The van der Waals surface area contributed by atoms with E-state index < -0.39 is 5.25 Å². The van der Waals surface area contributed by atoms with Gasteiger partial charge in [-0.15, -0.1) is 10.2 Å². The normalized spacial score (nSPS) is 11.7. The fourth-order valence-electron chi connectivity index (χ4n) is 2.43. The third-order valence-electron chi connectivity index (χ3n) is 3.81. The van der Waals surface area contributed by atoms with E-state index in [1.807, 2.05) is 60.7 Å². The minimum atomic E-state index is -0.400. The van der Waals surface area contributed by atoms with Gasteiger partial charge in [0.2, 0.25) is 11.0 Å². The number of carbonyl (C=O) groups is 1. The van der Waals surface area contributed by atoms with E-state index in [0.717, 1.165) is 40.1 Å². The van der Waals surface area contributed by atoms with Gasteiger partial charge in [0.25, 0.3) is 0 Å². The van der Waals surface area contributed by atoms with Crippen LogP contribution in [0.15, 0.2) is 65.0 Å². The van der Waals surface area contributed by atoms with Crippen molar-refractivity contribution in [2.45, 2.75) is 29.4 Å². The van der Waals surface area contributed by atoms with Crippen LogP contribution in [0.4, 0.5) is 10.8 Å². The standard InChI is InChI=1S/C20H22N4OS2/c1-2-3-14-21-19-23-24-20(27-19)26-17(15-10-6-4-7-11-15)18(25)22-16-12-8-5-9-13-16/h4-13,17H,2-3,14H2,1H3,(H,21,23)(H,22,25). The van der Waals surface area contributed by atoms with E-state index in [1.54, 1.807) is 0 Å². The van der Waals surface area contributed by atoms with Crippen LogP contribution < -0.4 is 10.6 Å². The molecule has 1 unspecified atom stereocenters. The number of rotatable bonds is 9. The Morgan fingerprint density at radius 1 is 1.07 bits per heavy atom. The van der Waals surface area contributed by atoms with Gasteiger partial charge in [0.05, 0.1) is 0 Å². The first-order valence-electron chi connectivity index (χ1n) is 8.91. The Balaban J connectivity index is 1.74. The molecule has 2 aromatic carbocycles. The second-order valence-electron chi connectivity index (χ2n) is 5.92. The highest BCUT2D eigenvalue weighted by Gasteiger charge is 2.24. The second kappa shape index (κ2) is 10.1. The Morgan fingerprint density at radius 2 is 1.78 bits per heavy atom. The summed E-state index contributed by atoms with van der Waals surface area (Å²) in [5, 5.41) is 15.1. The number of hydrogen-bond acceptors (Lipinski definition) is 6. The van der Waals surface area contributed by atoms with Gasteiger partial charge < -0.3 is 10.6 Å². The fourth-order valence-corrected chi connectivity index (χ4v) is 4.40. The highest BCUT2D eigenvalue weighted by molar-refractivity contribution is 8.02. The maximum atomic E-state index is 12.9. The summed E-state index contributed by atoms with van der Waals surface area (Å²) >= 11 is 2.90. The SMILES string of the molecule is CCCCNc1nnc(SC(C(=O)Nc2ccccc2)c2ccccc2)s1. The summed E-state index contributed by atoms with van der Waals surface area (Å²) in [7, 11) is 0. The van der Waals surface area contributed by atoms with E-state index in [4.69, 9.17) is 0 Å². The molecule has 1 amide bonds. The summed E-state index contributed by atoms with van der Waals surface area (Å²) in [5.74, 6) is -0.0758.